The quantitative estimate of drug-likeness (QED) is 0.698. The summed E-state index contributed by atoms with van der Waals surface area (Å²) in [4.78, 5) is 12.4. The number of amides is 1. The lowest BCUT2D eigenvalue weighted by Gasteiger charge is -2.22. The third-order valence-electron chi connectivity index (χ3n) is 4.04. The highest BCUT2D eigenvalue weighted by Crippen LogP contribution is 2.18. The molecule has 3 N–H and O–H groups in total. The summed E-state index contributed by atoms with van der Waals surface area (Å²) in [6.07, 6.45) is 2.43. The minimum absolute atomic E-state index is 0.144. The maximum Gasteiger partial charge on any atom is 0.256 e. The molecule has 0 heterocycles. The lowest BCUT2D eigenvalue weighted by atomic mass is 9.95. The van der Waals surface area contributed by atoms with Gasteiger partial charge in [-0.05, 0) is 55.9 Å². The molecule has 0 unspecified atom stereocenters. The van der Waals surface area contributed by atoms with Crippen LogP contribution in [0.15, 0.2) is 54.6 Å². The highest BCUT2D eigenvalue weighted by Gasteiger charge is 2.29. The molecule has 0 saturated heterocycles. The highest BCUT2D eigenvalue weighted by molar-refractivity contribution is 5.96. The van der Waals surface area contributed by atoms with Crippen LogP contribution in [-0.2, 0) is 17.6 Å². The van der Waals surface area contributed by atoms with Crippen molar-refractivity contribution in [2.45, 2.75) is 38.2 Å². The zero-order valence-electron chi connectivity index (χ0n) is 14.0. The maximum atomic E-state index is 12.4. The minimum atomic E-state index is -1.43. The van der Waals surface area contributed by atoms with Crippen molar-refractivity contribution in [2.24, 2.45) is 0 Å². The Morgan fingerprint density at radius 3 is 2.46 bits per heavy atom. The van der Waals surface area contributed by atoms with Gasteiger partial charge in [-0.1, -0.05) is 42.5 Å². The Hall–Kier alpha value is -2.17. The Bertz CT molecular complexity index is 653. The summed E-state index contributed by atoms with van der Waals surface area (Å²) in [5.41, 5.74) is 1.37. The molecule has 24 heavy (non-hydrogen) atoms. The van der Waals surface area contributed by atoms with Crippen molar-refractivity contribution < 1.29 is 15.0 Å². The molecule has 0 spiro atoms. The normalized spacial score (nSPS) is 13.3. The first kappa shape index (κ1) is 18.2. The van der Waals surface area contributed by atoms with E-state index < -0.39 is 11.5 Å². The molecule has 0 bridgehead atoms. The molecule has 2 aromatic carbocycles. The molecule has 0 aliphatic heterocycles. The Labute approximate surface area is 143 Å². The molecule has 0 saturated carbocycles. The molecule has 4 heteroatoms. The number of carbonyl (C=O) groups is 1. The summed E-state index contributed by atoms with van der Waals surface area (Å²) in [6, 6.07) is 17.3. The standard InChI is InChI=1S/C20H25NO3/c1-20(24,13-12-16-7-3-2-4-8-16)19(23)21-18-11-5-9-17(15-18)10-6-14-22/h2-5,7-9,11,15,22,24H,6,10,12-14H2,1H3,(H,21,23)/t20-/m0/s1. The van der Waals surface area contributed by atoms with Crippen LogP contribution in [0.2, 0.25) is 0 Å². The van der Waals surface area contributed by atoms with Gasteiger partial charge in [-0.25, -0.2) is 0 Å². The van der Waals surface area contributed by atoms with Crippen molar-refractivity contribution in [3.05, 3.63) is 65.7 Å². The van der Waals surface area contributed by atoms with Crippen LogP contribution in [0.3, 0.4) is 0 Å². The molecule has 2 aromatic rings. The van der Waals surface area contributed by atoms with Gasteiger partial charge in [-0.15, -0.1) is 0 Å². The van der Waals surface area contributed by atoms with Crippen LogP contribution in [0.5, 0.6) is 0 Å². The van der Waals surface area contributed by atoms with Crippen LogP contribution in [0.1, 0.15) is 30.9 Å². The van der Waals surface area contributed by atoms with E-state index in [4.69, 9.17) is 5.11 Å². The van der Waals surface area contributed by atoms with Crippen LogP contribution in [0.25, 0.3) is 0 Å². The SMILES string of the molecule is C[C@](O)(CCc1ccccc1)C(=O)Nc1cccc(CCCO)c1. The van der Waals surface area contributed by atoms with E-state index in [0.29, 0.717) is 24.9 Å². The molecule has 128 valence electrons. The fourth-order valence-corrected chi connectivity index (χ4v) is 2.50. The molecule has 0 aliphatic carbocycles. The van der Waals surface area contributed by atoms with E-state index in [1.54, 1.807) is 13.0 Å². The molecule has 0 aromatic heterocycles. The van der Waals surface area contributed by atoms with Crippen LogP contribution in [0.4, 0.5) is 5.69 Å². The van der Waals surface area contributed by atoms with Crippen molar-refractivity contribution in [1.82, 2.24) is 0 Å². The van der Waals surface area contributed by atoms with Crippen molar-refractivity contribution in [3.8, 4) is 0 Å². The molecule has 2 rings (SSSR count). The lowest BCUT2D eigenvalue weighted by Crippen LogP contribution is -2.40. The molecule has 4 nitrogen and oxygen atoms in total. The smallest absolute Gasteiger partial charge is 0.256 e. The van der Waals surface area contributed by atoms with Gasteiger partial charge in [0.15, 0.2) is 0 Å². The van der Waals surface area contributed by atoms with Crippen LogP contribution in [0, 0.1) is 0 Å². The predicted octanol–water partition coefficient (Wildman–Crippen LogP) is 2.93. The van der Waals surface area contributed by atoms with Crippen LogP contribution < -0.4 is 5.32 Å². The Morgan fingerprint density at radius 1 is 1.04 bits per heavy atom. The number of aliphatic hydroxyl groups excluding tert-OH is 1. The van der Waals surface area contributed by atoms with E-state index in [-0.39, 0.29) is 6.61 Å². The number of carbonyl (C=O) groups excluding carboxylic acids is 1. The van der Waals surface area contributed by atoms with E-state index in [9.17, 15) is 9.90 Å². The van der Waals surface area contributed by atoms with Crippen LogP contribution in [-0.4, -0.2) is 28.3 Å². The van der Waals surface area contributed by atoms with Gasteiger partial charge in [0.25, 0.3) is 5.91 Å². The zero-order valence-corrected chi connectivity index (χ0v) is 14.0. The number of anilines is 1. The van der Waals surface area contributed by atoms with Crippen molar-refractivity contribution in [3.63, 3.8) is 0 Å². The number of aliphatic hydroxyl groups is 2. The third-order valence-corrected chi connectivity index (χ3v) is 4.04. The number of benzene rings is 2. The molecule has 1 amide bonds. The van der Waals surface area contributed by atoms with E-state index >= 15 is 0 Å². The van der Waals surface area contributed by atoms with E-state index in [0.717, 1.165) is 17.5 Å². The van der Waals surface area contributed by atoms with E-state index in [1.807, 2.05) is 48.5 Å². The zero-order chi connectivity index (χ0) is 17.4. The van der Waals surface area contributed by atoms with Gasteiger partial charge in [-0.2, -0.15) is 0 Å². The largest absolute Gasteiger partial charge is 0.396 e. The molecular weight excluding hydrogens is 302 g/mol. The second-order valence-electron chi connectivity index (χ2n) is 6.24. The van der Waals surface area contributed by atoms with Gasteiger partial charge in [0, 0.05) is 12.3 Å². The minimum Gasteiger partial charge on any atom is -0.396 e. The Balaban J connectivity index is 1.94. The summed E-state index contributed by atoms with van der Waals surface area (Å²) < 4.78 is 0. The predicted molar refractivity (Wildman–Crippen MR) is 95.9 cm³/mol. The summed E-state index contributed by atoms with van der Waals surface area (Å²) in [6.45, 7) is 1.69. The van der Waals surface area contributed by atoms with Crippen molar-refractivity contribution >= 4 is 11.6 Å². The first-order valence-electron chi connectivity index (χ1n) is 8.29. The second-order valence-corrected chi connectivity index (χ2v) is 6.24. The second kappa shape index (κ2) is 8.62. The monoisotopic (exact) mass is 327 g/mol. The average molecular weight is 327 g/mol. The van der Waals surface area contributed by atoms with Gasteiger partial charge >= 0.3 is 0 Å². The van der Waals surface area contributed by atoms with Gasteiger partial charge in [-0.3, -0.25) is 4.79 Å². The molecular formula is C20H25NO3. The van der Waals surface area contributed by atoms with E-state index in [1.165, 1.54) is 0 Å². The highest BCUT2D eigenvalue weighted by atomic mass is 16.3. The number of rotatable bonds is 8. The van der Waals surface area contributed by atoms with Crippen molar-refractivity contribution in [2.75, 3.05) is 11.9 Å². The Morgan fingerprint density at radius 2 is 1.75 bits per heavy atom. The molecule has 0 radical (unpaired) electrons. The lowest BCUT2D eigenvalue weighted by molar-refractivity contribution is -0.132. The third kappa shape index (κ3) is 5.48. The fourth-order valence-electron chi connectivity index (χ4n) is 2.50. The molecule has 0 aliphatic rings. The van der Waals surface area contributed by atoms with Gasteiger partial charge in [0.2, 0.25) is 0 Å². The fraction of sp³-hybridized carbons (Fsp3) is 0.350. The number of hydrogen-bond donors (Lipinski definition) is 3. The summed E-state index contributed by atoms with van der Waals surface area (Å²) in [5.74, 6) is -0.405. The van der Waals surface area contributed by atoms with Crippen LogP contribution >= 0.6 is 0 Å². The average Bonchev–Trinajstić information content (AvgIpc) is 2.59. The summed E-state index contributed by atoms with van der Waals surface area (Å²) in [7, 11) is 0. The maximum absolute atomic E-state index is 12.4. The van der Waals surface area contributed by atoms with Gasteiger partial charge in [0.1, 0.15) is 5.60 Å². The number of aryl methyl sites for hydroxylation is 2. The van der Waals surface area contributed by atoms with Gasteiger partial charge in [0.05, 0.1) is 0 Å². The topological polar surface area (TPSA) is 69.6 Å². The first-order valence-corrected chi connectivity index (χ1v) is 8.29. The van der Waals surface area contributed by atoms with Gasteiger partial charge < -0.3 is 15.5 Å². The molecule has 0 fully saturated rings. The number of nitrogens with one attached hydrogen (secondary N) is 1. The van der Waals surface area contributed by atoms with E-state index in [2.05, 4.69) is 5.32 Å². The number of hydrogen-bond acceptors (Lipinski definition) is 3. The first-order chi connectivity index (χ1) is 11.5. The molecule has 1 atom stereocenters. The van der Waals surface area contributed by atoms with Crippen molar-refractivity contribution in [1.29, 1.82) is 0 Å². The summed E-state index contributed by atoms with van der Waals surface area (Å²) in [5, 5.41) is 22.2. The Kier molecular flexibility index (Phi) is 6.53. The summed E-state index contributed by atoms with van der Waals surface area (Å²) >= 11 is 0.